The fourth-order valence-electron chi connectivity index (χ4n) is 2.22. The lowest BCUT2D eigenvalue weighted by Crippen LogP contribution is -2.08. The number of halogens is 3. The molecule has 2 heterocycles. The Labute approximate surface area is 146 Å². The third-order valence-corrected chi connectivity index (χ3v) is 3.59. The number of aromatic nitrogens is 2. The summed E-state index contributed by atoms with van der Waals surface area (Å²) in [6.07, 6.45) is 2.51. The molecule has 8 heteroatoms. The summed E-state index contributed by atoms with van der Waals surface area (Å²) in [7, 11) is 0. The molecule has 0 amide bonds. The Balaban J connectivity index is 2.27. The van der Waals surface area contributed by atoms with E-state index in [-0.39, 0.29) is 39.7 Å². The van der Waals surface area contributed by atoms with Crippen LogP contribution in [0.4, 0.5) is 8.78 Å². The van der Waals surface area contributed by atoms with E-state index in [1.807, 2.05) is 0 Å². The summed E-state index contributed by atoms with van der Waals surface area (Å²) in [5.74, 6) is -2.50. The molecule has 3 aromatic rings. The van der Waals surface area contributed by atoms with Gasteiger partial charge in [0.25, 0.3) is 0 Å². The van der Waals surface area contributed by atoms with Crippen molar-refractivity contribution in [3.63, 3.8) is 0 Å². The van der Waals surface area contributed by atoms with Crippen LogP contribution in [-0.2, 0) is 4.74 Å². The minimum atomic E-state index is -0.801. The molecule has 0 atom stereocenters. The largest absolute Gasteiger partial charge is 0.462 e. The Hall–Kier alpha value is -2.80. The van der Waals surface area contributed by atoms with Gasteiger partial charge in [0.2, 0.25) is 0 Å². The highest BCUT2D eigenvalue weighted by Gasteiger charge is 2.23. The number of rotatable bonds is 4. The van der Waals surface area contributed by atoms with Crippen molar-refractivity contribution in [1.29, 1.82) is 0 Å². The van der Waals surface area contributed by atoms with Crippen LogP contribution in [0.15, 0.2) is 36.7 Å². The monoisotopic (exact) mass is 364 g/mol. The van der Waals surface area contributed by atoms with Gasteiger partial charge in [-0.3, -0.25) is 4.98 Å². The average molecular weight is 365 g/mol. The number of ether oxygens (including phenoxy) is 2. The second-order valence-corrected chi connectivity index (χ2v) is 5.23. The summed E-state index contributed by atoms with van der Waals surface area (Å²) in [6.45, 7) is 1.71. The van der Waals surface area contributed by atoms with Crippen molar-refractivity contribution in [2.24, 2.45) is 0 Å². The molecule has 0 spiro atoms. The van der Waals surface area contributed by atoms with Crippen molar-refractivity contribution in [1.82, 2.24) is 9.97 Å². The van der Waals surface area contributed by atoms with Crippen molar-refractivity contribution < 1.29 is 23.0 Å². The maximum absolute atomic E-state index is 14.4. The zero-order chi connectivity index (χ0) is 18.0. The molecule has 1 aromatic carbocycles. The van der Waals surface area contributed by atoms with Crippen LogP contribution in [-0.4, -0.2) is 22.5 Å². The first-order valence-corrected chi connectivity index (χ1v) is 7.63. The highest BCUT2D eigenvalue weighted by atomic mass is 35.5. The fraction of sp³-hybridized carbons (Fsp3) is 0.118. The van der Waals surface area contributed by atoms with Crippen molar-refractivity contribution >= 4 is 28.5 Å². The molecule has 0 unspecified atom stereocenters. The van der Waals surface area contributed by atoms with Gasteiger partial charge >= 0.3 is 5.97 Å². The summed E-state index contributed by atoms with van der Waals surface area (Å²) >= 11 is 5.95. The Morgan fingerprint density at radius 3 is 2.68 bits per heavy atom. The Morgan fingerprint density at radius 2 is 1.96 bits per heavy atom. The minimum absolute atomic E-state index is 0.000850. The average Bonchev–Trinajstić information content (AvgIpc) is 2.60. The molecule has 3 rings (SSSR count). The third kappa shape index (κ3) is 3.23. The lowest BCUT2D eigenvalue weighted by molar-refractivity contribution is 0.0523. The lowest BCUT2D eigenvalue weighted by atomic mass is 10.1. The number of hydrogen-bond donors (Lipinski definition) is 0. The first kappa shape index (κ1) is 17.0. The molecule has 0 saturated heterocycles. The molecule has 0 bridgehead atoms. The topological polar surface area (TPSA) is 61.3 Å². The van der Waals surface area contributed by atoms with E-state index in [9.17, 15) is 13.6 Å². The Kier molecular flexibility index (Phi) is 4.76. The van der Waals surface area contributed by atoms with Gasteiger partial charge in [-0.05, 0) is 31.2 Å². The molecular formula is C17H11ClF2N2O3. The van der Waals surface area contributed by atoms with Crippen LogP contribution in [0.2, 0.25) is 5.15 Å². The van der Waals surface area contributed by atoms with Crippen molar-refractivity contribution in [2.75, 3.05) is 6.61 Å². The molecule has 0 N–H and O–H groups in total. The van der Waals surface area contributed by atoms with Gasteiger partial charge in [0, 0.05) is 12.4 Å². The second-order valence-electron chi connectivity index (χ2n) is 4.87. The predicted molar refractivity (Wildman–Crippen MR) is 86.9 cm³/mol. The number of benzene rings is 1. The number of carbonyl (C=O) groups is 1. The van der Waals surface area contributed by atoms with Gasteiger partial charge in [0.1, 0.15) is 22.7 Å². The summed E-state index contributed by atoms with van der Waals surface area (Å²) < 4.78 is 38.9. The molecular weight excluding hydrogens is 354 g/mol. The van der Waals surface area contributed by atoms with Gasteiger partial charge in [-0.2, -0.15) is 0 Å². The lowest BCUT2D eigenvalue weighted by Gasteiger charge is -2.14. The van der Waals surface area contributed by atoms with E-state index in [1.165, 1.54) is 12.3 Å². The maximum Gasteiger partial charge on any atom is 0.343 e. The van der Waals surface area contributed by atoms with Gasteiger partial charge in [-0.25, -0.2) is 18.6 Å². The Bertz CT molecular complexity index is 966. The van der Waals surface area contributed by atoms with Crippen LogP contribution in [0.5, 0.6) is 11.5 Å². The number of esters is 1. The molecule has 0 aliphatic rings. The standard InChI is InChI=1S/C17H11ClF2N2O3/c1-2-24-17(23)9-8-22-14-11(20)6-5-10(19)13(14)15(9)25-12-4-3-7-21-16(12)18/h3-8H,2H2,1H3. The van der Waals surface area contributed by atoms with E-state index < -0.39 is 17.6 Å². The van der Waals surface area contributed by atoms with Crippen LogP contribution in [0, 0.1) is 11.6 Å². The van der Waals surface area contributed by atoms with Crippen LogP contribution in [0.1, 0.15) is 17.3 Å². The molecule has 0 radical (unpaired) electrons. The number of hydrogen-bond acceptors (Lipinski definition) is 5. The Morgan fingerprint density at radius 1 is 1.20 bits per heavy atom. The van der Waals surface area contributed by atoms with E-state index >= 15 is 0 Å². The van der Waals surface area contributed by atoms with Crippen LogP contribution < -0.4 is 4.74 Å². The second kappa shape index (κ2) is 6.98. The van der Waals surface area contributed by atoms with Gasteiger partial charge in [-0.1, -0.05) is 11.6 Å². The van der Waals surface area contributed by atoms with Crippen molar-refractivity contribution in [3.05, 3.63) is 59.0 Å². The zero-order valence-corrected chi connectivity index (χ0v) is 13.7. The van der Waals surface area contributed by atoms with E-state index in [1.54, 1.807) is 13.0 Å². The summed E-state index contributed by atoms with van der Waals surface area (Å²) in [4.78, 5) is 19.8. The fourth-order valence-corrected chi connectivity index (χ4v) is 2.38. The number of pyridine rings is 2. The highest BCUT2D eigenvalue weighted by Crippen LogP contribution is 2.37. The number of carbonyl (C=O) groups excluding carboxylic acids is 1. The third-order valence-electron chi connectivity index (χ3n) is 3.30. The van der Waals surface area contributed by atoms with E-state index in [4.69, 9.17) is 21.1 Å². The minimum Gasteiger partial charge on any atom is -0.462 e. The van der Waals surface area contributed by atoms with Crippen LogP contribution >= 0.6 is 11.6 Å². The van der Waals surface area contributed by atoms with Crippen molar-refractivity contribution in [2.45, 2.75) is 6.92 Å². The van der Waals surface area contributed by atoms with E-state index in [2.05, 4.69) is 9.97 Å². The van der Waals surface area contributed by atoms with E-state index in [0.717, 1.165) is 18.3 Å². The van der Waals surface area contributed by atoms with Gasteiger partial charge in [0.15, 0.2) is 16.7 Å². The first-order chi connectivity index (χ1) is 12.0. The molecule has 0 fully saturated rings. The quantitative estimate of drug-likeness (QED) is 0.502. The van der Waals surface area contributed by atoms with Crippen LogP contribution in [0.25, 0.3) is 10.9 Å². The highest BCUT2D eigenvalue weighted by molar-refractivity contribution is 6.30. The smallest absolute Gasteiger partial charge is 0.343 e. The summed E-state index contributed by atoms with van der Waals surface area (Å²) in [6, 6.07) is 4.89. The number of fused-ring (bicyclic) bond motifs is 1. The molecule has 5 nitrogen and oxygen atoms in total. The molecule has 0 aliphatic heterocycles. The van der Waals surface area contributed by atoms with Gasteiger partial charge in [0.05, 0.1) is 12.0 Å². The SMILES string of the molecule is CCOC(=O)c1cnc2c(F)ccc(F)c2c1Oc1cccnc1Cl. The number of nitrogens with zero attached hydrogens (tertiary/aromatic N) is 2. The molecule has 0 aliphatic carbocycles. The molecule has 128 valence electrons. The van der Waals surface area contributed by atoms with Gasteiger partial charge < -0.3 is 9.47 Å². The maximum atomic E-state index is 14.4. The predicted octanol–water partition coefficient (Wildman–Crippen LogP) is 4.53. The molecule has 0 saturated carbocycles. The van der Waals surface area contributed by atoms with Gasteiger partial charge in [-0.15, -0.1) is 0 Å². The molecule has 25 heavy (non-hydrogen) atoms. The summed E-state index contributed by atoms with van der Waals surface area (Å²) in [5, 5.41) is -0.287. The molecule has 2 aromatic heterocycles. The summed E-state index contributed by atoms with van der Waals surface area (Å²) in [5.41, 5.74) is -0.429. The van der Waals surface area contributed by atoms with Crippen LogP contribution in [0.3, 0.4) is 0 Å². The first-order valence-electron chi connectivity index (χ1n) is 7.25. The van der Waals surface area contributed by atoms with Crippen molar-refractivity contribution in [3.8, 4) is 11.5 Å². The van der Waals surface area contributed by atoms with E-state index in [0.29, 0.717) is 0 Å². The normalized spacial score (nSPS) is 10.7. The zero-order valence-electron chi connectivity index (χ0n) is 12.9.